The van der Waals surface area contributed by atoms with E-state index in [2.05, 4.69) is 24.1 Å². The number of benzene rings is 1. The van der Waals surface area contributed by atoms with Gasteiger partial charge in [0.2, 0.25) is 0 Å². The SMILES string of the molecule is CCC(c1nc2ccccc2c(=O)n1CC)N1CCN(C(=O)NC(C)(C)C)C(C)C1. The summed E-state index contributed by atoms with van der Waals surface area (Å²) >= 11 is 0. The van der Waals surface area contributed by atoms with Crippen molar-refractivity contribution in [2.45, 2.75) is 72.1 Å². The van der Waals surface area contributed by atoms with Crippen molar-refractivity contribution in [2.24, 2.45) is 0 Å². The van der Waals surface area contributed by atoms with Crippen molar-refractivity contribution in [3.63, 3.8) is 0 Å². The van der Waals surface area contributed by atoms with Crippen LogP contribution in [0, 0.1) is 0 Å². The molecule has 164 valence electrons. The van der Waals surface area contributed by atoms with E-state index in [0.29, 0.717) is 18.5 Å². The van der Waals surface area contributed by atoms with Crippen LogP contribution in [-0.4, -0.2) is 56.6 Å². The summed E-state index contributed by atoms with van der Waals surface area (Å²) in [4.78, 5) is 34.9. The lowest BCUT2D eigenvalue weighted by molar-refractivity contribution is 0.0655. The predicted octanol–water partition coefficient (Wildman–Crippen LogP) is 3.38. The van der Waals surface area contributed by atoms with E-state index in [1.807, 2.05) is 56.9 Å². The Kier molecular flexibility index (Phi) is 6.50. The number of fused-ring (bicyclic) bond motifs is 1. The summed E-state index contributed by atoms with van der Waals surface area (Å²) in [5.74, 6) is 0.823. The van der Waals surface area contributed by atoms with Gasteiger partial charge in [-0.2, -0.15) is 0 Å². The lowest BCUT2D eigenvalue weighted by atomic mass is 10.1. The second kappa shape index (κ2) is 8.76. The van der Waals surface area contributed by atoms with Gasteiger partial charge in [-0.1, -0.05) is 19.1 Å². The van der Waals surface area contributed by atoms with Crippen molar-refractivity contribution in [2.75, 3.05) is 19.6 Å². The Morgan fingerprint density at radius 2 is 1.93 bits per heavy atom. The maximum Gasteiger partial charge on any atom is 0.318 e. The highest BCUT2D eigenvalue weighted by atomic mass is 16.2. The van der Waals surface area contributed by atoms with Gasteiger partial charge in [0.15, 0.2) is 0 Å². The lowest BCUT2D eigenvalue weighted by Gasteiger charge is -2.43. The van der Waals surface area contributed by atoms with E-state index in [-0.39, 0.29) is 29.2 Å². The monoisotopic (exact) mass is 413 g/mol. The van der Waals surface area contributed by atoms with E-state index < -0.39 is 0 Å². The van der Waals surface area contributed by atoms with Crippen LogP contribution in [0.5, 0.6) is 0 Å². The van der Waals surface area contributed by atoms with Crippen molar-refractivity contribution in [1.29, 1.82) is 0 Å². The first-order valence-electron chi connectivity index (χ1n) is 11.0. The minimum Gasteiger partial charge on any atom is -0.333 e. The zero-order valence-corrected chi connectivity index (χ0v) is 19.1. The van der Waals surface area contributed by atoms with Crippen LogP contribution < -0.4 is 10.9 Å². The molecule has 0 bridgehead atoms. The van der Waals surface area contributed by atoms with Crippen LogP contribution in [0.3, 0.4) is 0 Å². The number of nitrogens with zero attached hydrogens (tertiary/aromatic N) is 4. The molecule has 7 heteroatoms. The second-order valence-corrected chi connectivity index (χ2v) is 9.18. The van der Waals surface area contributed by atoms with Gasteiger partial charge in [0.25, 0.3) is 5.56 Å². The van der Waals surface area contributed by atoms with Gasteiger partial charge in [0.05, 0.1) is 16.9 Å². The number of hydrogen-bond donors (Lipinski definition) is 1. The Bertz CT molecular complexity index is 962. The fraction of sp³-hybridized carbons (Fsp3) is 0.609. The van der Waals surface area contributed by atoms with Gasteiger partial charge in [-0.05, 0) is 53.2 Å². The minimum atomic E-state index is -0.258. The third-order valence-corrected chi connectivity index (χ3v) is 5.73. The molecule has 7 nitrogen and oxygen atoms in total. The summed E-state index contributed by atoms with van der Waals surface area (Å²) in [6.45, 7) is 14.9. The molecular formula is C23H35N5O2. The number of carbonyl (C=O) groups is 1. The van der Waals surface area contributed by atoms with E-state index in [9.17, 15) is 9.59 Å². The number of para-hydroxylation sites is 1. The van der Waals surface area contributed by atoms with Crippen LogP contribution in [0.15, 0.2) is 29.1 Å². The molecule has 0 aliphatic carbocycles. The van der Waals surface area contributed by atoms with Crippen molar-refractivity contribution in [3.05, 3.63) is 40.4 Å². The Hall–Kier alpha value is -2.41. The maximum absolute atomic E-state index is 13.1. The van der Waals surface area contributed by atoms with E-state index in [0.717, 1.165) is 30.9 Å². The molecule has 0 spiro atoms. The van der Waals surface area contributed by atoms with Gasteiger partial charge in [-0.15, -0.1) is 0 Å². The molecule has 0 saturated carbocycles. The molecule has 30 heavy (non-hydrogen) atoms. The zero-order chi connectivity index (χ0) is 22.1. The predicted molar refractivity (Wildman–Crippen MR) is 121 cm³/mol. The Morgan fingerprint density at radius 3 is 2.53 bits per heavy atom. The summed E-state index contributed by atoms with van der Waals surface area (Å²) in [7, 11) is 0. The molecule has 1 aliphatic rings. The van der Waals surface area contributed by atoms with Crippen molar-refractivity contribution in [3.8, 4) is 0 Å². The van der Waals surface area contributed by atoms with Crippen LogP contribution in [0.25, 0.3) is 10.9 Å². The Balaban J connectivity index is 1.87. The molecule has 2 atom stereocenters. The molecule has 2 heterocycles. The number of rotatable bonds is 4. The zero-order valence-electron chi connectivity index (χ0n) is 19.1. The molecular weight excluding hydrogens is 378 g/mol. The second-order valence-electron chi connectivity index (χ2n) is 9.18. The molecule has 1 N–H and O–H groups in total. The molecule has 2 aromatic rings. The first kappa shape index (κ1) is 22.3. The average Bonchev–Trinajstić information content (AvgIpc) is 2.67. The van der Waals surface area contributed by atoms with Crippen molar-refractivity contribution < 1.29 is 4.79 Å². The van der Waals surface area contributed by atoms with Gasteiger partial charge < -0.3 is 10.2 Å². The molecule has 2 amide bonds. The third-order valence-electron chi connectivity index (χ3n) is 5.73. The van der Waals surface area contributed by atoms with E-state index in [4.69, 9.17) is 4.98 Å². The molecule has 0 radical (unpaired) electrons. The lowest BCUT2D eigenvalue weighted by Crippen LogP contribution is -2.59. The van der Waals surface area contributed by atoms with Crippen molar-refractivity contribution in [1.82, 2.24) is 24.7 Å². The summed E-state index contributed by atoms with van der Waals surface area (Å²) < 4.78 is 1.81. The number of nitrogens with one attached hydrogen (secondary N) is 1. The fourth-order valence-electron chi connectivity index (χ4n) is 4.31. The largest absolute Gasteiger partial charge is 0.333 e. The van der Waals surface area contributed by atoms with Crippen LogP contribution in [0.4, 0.5) is 4.79 Å². The highest BCUT2D eigenvalue weighted by Gasteiger charge is 2.33. The van der Waals surface area contributed by atoms with Crippen molar-refractivity contribution >= 4 is 16.9 Å². The van der Waals surface area contributed by atoms with Crippen LogP contribution in [0.1, 0.15) is 59.8 Å². The molecule has 1 saturated heterocycles. The Morgan fingerprint density at radius 1 is 1.23 bits per heavy atom. The normalized spacial score (nSPS) is 19.1. The quantitative estimate of drug-likeness (QED) is 0.834. The highest BCUT2D eigenvalue weighted by molar-refractivity contribution is 5.77. The van der Waals surface area contributed by atoms with E-state index in [1.54, 1.807) is 4.57 Å². The van der Waals surface area contributed by atoms with E-state index in [1.165, 1.54) is 0 Å². The summed E-state index contributed by atoms with van der Waals surface area (Å²) in [5.41, 5.74) is 0.510. The number of aromatic nitrogens is 2. The van der Waals surface area contributed by atoms with Gasteiger partial charge in [0.1, 0.15) is 5.82 Å². The molecule has 1 aromatic carbocycles. The third kappa shape index (κ3) is 4.51. The topological polar surface area (TPSA) is 70.5 Å². The number of urea groups is 1. The van der Waals surface area contributed by atoms with Crippen LogP contribution >= 0.6 is 0 Å². The minimum absolute atomic E-state index is 0.0167. The molecule has 1 aliphatic heterocycles. The summed E-state index contributed by atoms with van der Waals surface area (Å²) in [6, 6.07) is 7.66. The van der Waals surface area contributed by atoms with Gasteiger partial charge in [-0.3, -0.25) is 14.3 Å². The number of carbonyl (C=O) groups excluding carboxylic acids is 1. The van der Waals surface area contributed by atoms with Crippen LogP contribution in [0.2, 0.25) is 0 Å². The van der Waals surface area contributed by atoms with Gasteiger partial charge >= 0.3 is 6.03 Å². The molecule has 1 fully saturated rings. The van der Waals surface area contributed by atoms with Gasteiger partial charge in [0, 0.05) is 37.8 Å². The number of piperazine rings is 1. The van der Waals surface area contributed by atoms with Gasteiger partial charge in [-0.25, -0.2) is 9.78 Å². The molecule has 3 rings (SSSR count). The number of hydrogen-bond acceptors (Lipinski definition) is 4. The molecule has 2 unspecified atom stereocenters. The highest BCUT2D eigenvalue weighted by Crippen LogP contribution is 2.26. The smallest absolute Gasteiger partial charge is 0.318 e. The van der Waals surface area contributed by atoms with E-state index >= 15 is 0 Å². The molecule has 1 aromatic heterocycles. The van der Waals surface area contributed by atoms with Crippen LogP contribution in [-0.2, 0) is 6.54 Å². The first-order valence-corrected chi connectivity index (χ1v) is 11.0. The average molecular weight is 414 g/mol. The summed E-state index contributed by atoms with van der Waals surface area (Å²) in [5, 5.41) is 3.73. The number of amides is 2. The maximum atomic E-state index is 13.1. The fourth-order valence-corrected chi connectivity index (χ4v) is 4.31. The Labute approximate surface area is 179 Å². The first-order chi connectivity index (χ1) is 14.2. The summed E-state index contributed by atoms with van der Waals surface area (Å²) in [6.07, 6.45) is 0.853. The standard InChI is InChI=1S/C23H35N5O2/c1-7-19(20-24-18-12-10-9-11-17(18)21(29)27(20)8-2)26-13-14-28(16(3)15-26)22(30)25-23(4,5)6/h9-12,16,19H,7-8,13-15H2,1-6H3,(H,25,30).